The van der Waals surface area contributed by atoms with Crippen molar-refractivity contribution in [2.45, 2.75) is 25.3 Å². The number of thiazole rings is 1. The first-order valence-electron chi connectivity index (χ1n) is 6.71. The van der Waals surface area contributed by atoms with E-state index in [4.69, 9.17) is 0 Å². The summed E-state index contributed by atoms with van der Waals surface area (Å²) in [6.07, 6.45) is -0.196. The lowest BCUT2D eigenvalue weighted by Crippen LogP contribution is -2.63. The van der Waals surface area contributed by atoms with Crippen molar-refractivity contribution in [1.29, 1.82) is 0 Å². The summed E-state index contributed by atoms with van der Waals surface area (Å²) in [7, 11) is 0. The third-order valence-corrected chi connectivity index (χ3v) is 5.27. The Morgan fingerprint density at radius 1 is 1.52 bits per heavy atom. The predicted octanol–water partition coefficient (Wildman–Crippen LogP) is 2.54. The number of carbonyl (C=O) groups is 1. The lowest BCUT2D eigenvalue weighted by Gasteiger charge is -2.37. The molecule has 1 aliphatic heterocycles. The lowest BCUT2D eigenvalue weighted by molar-refractivity contribution is -0.125. The number of amides is 1. The topological polar surface area (TPSA) is 54.0 Å². The molecule has 1 aromatic carbocycles. The molecular formula is C14H13F2N3OS. The van der Waals surface area contributed by atoms with E-state index >= 15 is 0 Å². The second-order valence-corrected chi connectivity index (χ2v) is 6.99. The van der Waals surface area contributed by atoms with Gasteiger partial charge in [0, 0.05) is 18.7 Å². The van der Waals surface area contributed by atoms with E-state index < -0.39 is 17.4 Å². The minimum Gasteiger partial charge on any atom is -0.325 e. The summed E-state index contributed by atoms with van der Waals surface area (Å²) in [6, 6.07) is 4.60. The summed E-state index contributed by atoms with van der Waals surface area (Å²) >= 11 is 1.54. The van der Waals surface area contributed by atoms with Gasteiger partial charge in [-0.15, -0.1) is 11.3 Å². The van der Waals surface area contributed by atoms with Crippen molar-refractivity contribution in [3.05, 3.63) is 23.2 Å². The van der Waals surface area contributed by atoms with Crippen molar-refractivity contribution in [2.75, 3.05) is 11.9 Å². The highest BCUT2D eigenvalue weighted by Crippen LogP contribution is 2.65. The van der Waals surface area contributed by atoms with Gasteiger partial charge >= 0.3 is 0 Å². The molecule has 1 aliphatic carbocycles. The Balaban J connectivity index is 1.53. The van der Waals surface area contributed by atoms with Gasteiger partial charge in [-0.25, -0.2) is 13.8 Å². The maximum atomic E-state index is 13.4. The molecular weight excluding hydrogens is 296 g/mol. The van der Waals surface area contributed by atoms with Crippen molar-refractivity contribution in [3.63, 3.8) is 0 Å². The van der Waals surface area contributed by atoms with Gasteiger partial charge in [0.1, 0.15) is 0 Å². The minimum absolute atomic E-state index is 0.196. The number of anilines is 1. The van der Waals surface area contributed by atoms with Crippen LogP contribution < -0.4 is 10.6 Å². The number of hydrogen-bond acceptors (Lipinski definition) is 4. The summed E-state index contributed by atoms with van der Waals surface area (Å²) in [4.78, 5) is 16.5. The van der Waals surface area contributed by atoms with Crippen LogP contribution in [0.25, 0.3) is 10.2 Å². The van der Waals surface area contributed by atoms with Gasteiger partial charge in [-0.3, -0.25) is 4.79 Å². The van der Waals surface area contributed by atoms with E-state index in [-0.39, 0.29) is 18.9 Å². The van der Waals surface area contributed by atoms with Crippen LogP contribution in [0.4, 0.5) is 14.5 Å². The molecule has 2 aliphatic rings. The normalized spacial score (nSPS) is 29.4. The maximum Gasteiger partial charge on any atom is 0.258 e. The number of aryl methyl sites for hydroxylation is 1. The van der Waals surface area contributed by atoms with Crippen molar-refractivity contribution in [2.24, 2.45) is 5.41 Å². The van der Waals surface area contributed by atoms with Gasteiger partial charge in [0.15, 0.2) is 0 Å². The number of rotatable bonds is 2. The molecule has 0 bridgehead atoms. The average Bonchev–Trinajstić information content (AvgIpc) is 2.80. The molecule has 110 valence electrons. The molecule has 4 nitrogen and oxygen atoms in total. The Bertz CT molecular complexity index is 760. The van der Waals surface area contributed by atoms with Crippen LogP contribution in [0.15, 0.2) is 18.2 Å². The summed E-state index contributed by atoms with van der Waals surface area (Å²) in [5.41, 5.74) is 0.342. The third kappa shape index (κ3) is 1.80. The number of benzene rings is 1. The molecule has 1 amide bonds. The molecule has 2 heterocycles. The van der Waals surface area contributed by atoms with Crippen LogP contribution in [0, 0.1) is 12.3 Å². The van der Waals surface area contributed by atoms with E-state index in [2.05, 4.69) is 15.6 Å². The molecule has 2 unspecified atom stereocenters. The van der Waals surface area contributed by atoms with Gasteiger partial charge in [0.25, 0.3) is 5.92 Å². The second-order valence-electron chi connectivity index (χ2n) is 5.76. The number of hydrogen-bond donors (Lipinski definition) is 2. The fraction of sp³-hybridized carbons (Fsp3) is 0.429. The predicted molar refractivity (Wildman–Crippen MR) is 76.8 cm³/mol. The van der Waals surface area contributed by atoms with Gasteiger partial charge in [-0.1, -0.05) is 0 Å². The molecule has 7 heteroatoms. The average molecular weight is 309 g/mol. The highest BCUT2D eigenvalue weighted by Gasteiger charge is 2.79. The molecule has 2 atom stereocenters. The van der Waals surface area contributed by atoms with Crippen molar-refractivity contribution < 1.29 is 13.6 Å². The fourth-order valence-corrected chi connectivity index (χ4v) is 3.85. The Kier molecular flexibility index (Phi) is 2.48. The van der Waals surface area contributed by atoms with E-state index in [9.17, 15) is 13.6 Å². The molecule has 1 spiro atoms. The van der Waals surface area contributed by atoms with Crippen LogP contribution in [0.2, 0.25) is 0 Å². The third-order valence-electron chi connectivity index (χ3n) is 4.34. The zero-order chi connectivity index (χ0) is 14.8. The first kappa shape index (κ1) is 13.1. The van der Waals surface area contributed by atoms with Crippen molar-refractivity contribution in [3.8, 4) is 0 Å². The SMILES string of the molecule is Cc1nc2ccc(NC(=O)C3NCC34CC4(F)F)cc2s1. The van der Waals surface area contributed by atoms with Gasteiger partial charge in [0.2, 0.25) is 5.91 Å². The number of nitrogens with zero attached hydrogens (tertiary/aromatic N) is 1. The van der Waals surface area contributed by atoms with Crippen LogP contribution in [0.5, 0.6) is 0 Å². The Morgan fingerprint density at radius 3 is 2.90 bits per heavy atom. The Labute approximate surface area is 123 Å². The van der Waals surface area contributed by atoms with Crippen LogP contribution in [0.3, 0.4) is 0 Å². The summed E-state index contributed by atoms with van der Waals surface area (Å²) in [6.45, 7) is 2.13. The standard InChI is InChI=1S/C14H13F2N3OS/c1-7-18-9-3-2-8(4-10(9)21-7)19-12(20)11-13(6-17-11)5-14(13,15)16/h2-4,11,17H,5-6H2,1H3,(H,19,20). The monoisotopic (exact) mass is 309 g/mol. The molecule has 1 saturated carbocycles. The van der Waals surface area contributed by atoms with Crippen LogP contribution >= 0.6 is 11.3 Å². The molecule has 1 saturated heterocycles. The number of halogens is 2. The molecule has 2 N–H and O–H groups in total. The zero-order valence-corrected chi connectivity index (χ0v) is 12.1. The van der Waals surface area contributed by atoms with E-state index in [1.54, 1.807) is 6.07 Å². The van der Waals surface area contributed by atoms with Gasteiger partial charge in [-0.2, -0.15) is 0 Å². The molecule has 0 radical (unpaired) electrons. The van der Waals surface area contributed by atoms with Crippen LogP contribution in [-0.2, 0) is 4.79 Å². The lowest BCUT2D eigenvalue weighted by atomic mass is 9.86. The smallest absolute Gasteiger partial charge is 0.258 e. The largest absolute Gasteiger partial charge is 0.325 e. The summed E-state index contributed by atoms with van der Waals surface area (Å²) in [5.74, 6) is -3.10. The molecule has 21 heavy (non-hydrogen) atoms. The fourth-order valence-electron chi connectivity index (χ4n) is 2.98. The van der Waals surface area contributed by atoms with Crippen LogP contribution in [-0.4, -0.2) is 29.4 Å². The van der Waals surface area contributed by atoms with E-state index in [0.29, 0.717) is 5.69 Å². The quantitative estimate of drug-likeness (QED) is 0.896. The minimum atomic E-state index is -2.71. The van der Waals surface area contributed by atoms with Gasteiger partial charge in [-0.05, 0) is 25.1 Å². The summed E-state index contributed by atoms with van der Waals surface area (Å²) in [5, 5.41) is 6.49. The Morgan fingerprint density at radius 2 is 2.29 bits per heavy atom. The van der Waals surface area contributed by atoms with E-state index in [1.165, 1.54) is 11.3 Å². The molecule has 1 aromatic heterocycles. The molecule has 2 fully saturated rings. The number of nitrogens with one attached hydrogen (secondary N) is 2. The first-order chi connectivity index (χ1) is 9.91. The maximum absolute atomic E-state index is 13.4. The van der Waals surface area contributed by atoms with Crippen molar-refractivity contribution in [1.82, 2.24) is 10.3 Å². The molecule has 2 aromatic rings. The number of alkyl halides is 2. The van der Waals surface area contributed by atoms with Gasteiger partial charge < -0.3 is 10.6 Å². The second kappa shape index (κ2) is 3.98. The number of aromatic nitrogens is 1. The van der Waals surface area contributed by atoms with Crippen LogP contribution in [0.1, 0.15) is 11.4 Å². The van der Waals surface area contributed by atoms with E-state index in [0.717, 1.165) is 15.2 Å². The van der Waals surface area contributed by atoms with Crippen molar-refractivity contribution >= 4 is 33.1 Å². The summed E-state index contributed by atoms with van der Waals surface area (Å²) < 4.78 is 27.7. The number of carbonyl (C=O) groups excluding carboxylic acids is 1. The Hall–Kier alpha value is -1.60. The van der Waals surface area contributed by atoms with E-state index in [1.807, 2.05) is 19.1 Å². The first-order valence-corrected chi connectivity index (χ1v) is 7.52. The molecule has 4 rings (SSSR count). The zero-order valence-electron chi connectivity index (χ0n) is 11.2. The van der Waals surface area contributed by atoms with Gasteiger partial charge in [0.05, 0.1) is 26.7 Å². The highest BCUT2D eigenvalue weighted by molar-refractivity contribution is 7.18. The number of fused-ring (bicyclic) bond motifs is 1. The highest BCUT2D eigenvalue weighted by atomic mass is 32.1.